The van der Waals surface area contributed by atoms with Gasteiger partial charge in [0.15, 0.2) is 0 Å². The van der Waals surface area contributed by atoms with Gasteiger partial charge in [0.1, 0.15) is 12.2 Å². The summed E-state index contributed by atoms with van der Waals surface area (Å²) in [6.07, 6.45) is 47.2. The van der Waals surface area contributed by atoms with Crippen LogP contribution >= 0.6 is 0 Å². The van der Waals surface area contributed by atoms with E-state index in [-0.39, 0.29) is 38.2 Å². The van der Waals surface area contributed by atoms with Crippen LogP contribution in [-0.2, 0) is 19.1 Å². The predicted molar refractivity (Wildman–Crippen MR) is 257 cm³/mol. The number of carbonyl (C=O) groups is 2. The van der Waals surface area contributed by atoms with Crippen LogP contribution in [0.25, 0.3) is 0 Å². The molecule has 0 fully saturated rings. The number of aliphatic hydroxyl groups excluding tert-OH is 1. The third-order valence-electron chi connectivity index (χ3n) is 12.2. The summed E-state index contributed by atoms with van der Waals surface area (Å²) in [6, 6.07) is 0. The standard InChI is InChI=1S/C52H103NO5.CH4/c1-5-9-13-17-23-31-39-49(40-32-24-18-14-10-6-2)57-51(55)43-35-27-21-29-37-45-53(47-48-54)46-38-30-22-28-36-44-52(56)58-50(41-33-25-19-15-11-7-3)42-34-26-20-16-12-8-4;/h49-50,54H,5-48H2,1-4H3;1H4. The number of hydrogen-bond acceptors (Lipinski definition) is 6. The third kappa shape index (κ3) is 44.7. The molecule has 0 unspecified atom stereocenters. The number of carbonyl (C=O) groups excluding carboxylic acids is 2. The maximum Gasteiger partial charge on any atom is 0.306 e. The molecular weight excluding hydrogens is 731 g/mol. The molecule has 1 N–H and O–H groups in total. The summed E-state index contributed by atoms with van der Waals surface area (Å²) >= 11 is 0. The quantitative estimate of drug-likeness (QED) is 0.0486. The minimum absolute atomic E-state index is 0. The van der Waals surface area contributed by atoms with Crippen LogP contribution in [0, 0.1) is 0 Å². The molecule has 0 aromatic heterocycles. The molecule has 0 aliphatic carbocycles. The fourth-order valence-electron chi connectivity index (χ4n) is 8.37. The fraction of sp³-hybridized carbons (Fsp3) is 0.962. The Morgan fingerprint density at radius 1 is 0.373 bits per heavy atom. The minimum Gasteiger partial charge on any atom is -0.462 e. The minimum atomic E-state index is 0. The van der Waals surface area contributed by atoms with Crippen molar-refractivity contribution >= 4 is 11.9 Å². The zero-order valence-electron chi connectivity index (χ0n) is 39.8. The molecule has 0 heterocycles. The van der Waals surface area contributed by atoms with Gasteiger partial charge in [-0.05, 0) is 90.1 Å². The van der Waals surface area contributed by atoms with Crippen molar-refractivity contribution in [1.82, 2.24) is 4.90 Å². The Kier molecular flexibility index (Phi) is 50.3. The van der Waals surface area contributed by atoms with E-state index in [1.807, 2.05) is 0 Å². The molecular formula is C53H107NO5. The molecule has 0 radical (unpaired) electrons. The molecule has 0 rings (SSSR count). The average Bonchev–Trinajstić information content (AvgIpc) is 3.21. The summed E-state index contributed by atoms with van der Waals surface area (Å²) in [5.41, 5.74) is 0. The second kappa shape index (κ2) is 49.5. The lowest BCUT2D eigenvalue weighted by atomic mass is 10.0. The van der Waals surface area contributed by atoms with Crippen molar-refractivity contribution in [3.8, 4) is 0 Å². The zero-order chi connectivity index (χ0) is 42.4. The average molecular weight is 838 g/mol. The van der Waals surface area contributed by atoms with Gasteiger partial charge in [-0.3, -0.25) is 9.59 Å². The summed E-state index contributed by atoms with van der Waals surface area (Å²) < 4.78 is 12.1. The summed E-state index contributed by atoms with van der Waals surface area (Å²) in [4.78, 5) is 27.9. The van der Waals surface area contributed by atoms with Gasteiger partial charge in [0.25, 0.3) is 0 Å². The molecule has 0 aromatic rings. The van der Waals surface area contributed by atoms with Gasteiger partial charge in [-0.1, -0.05) is 202 Å². The Bertz CT molecular complexity index is 741. The largest absolute Gasteiger partial charge is 0.462 e. The van der Waals surface area contributed by atoms with Crippen LogP contribution in [0.3, 0.4) is 0 Å². The molecule has 59 heavy (non-hydrogen) atoms. The van der Waals surface area contributed by atoms with E-state index in [9.17, 15) is 14.7 Å². The van der Waals surface area contributed by atoms with Gasteiger partial charge in [-0.25, -0.2) is 0 Å². The van der Waals surface area contributed by atoms with E-state index in [0.29, 0.717) is 12.8 Å². The monoisotopic (exact) mass is 838 g/mol. The van der Waals surface area contributed by atoms with Gasteiger partial charge >= 0.3 is 11.9 Å². The van der Waals surface area contributed by atoms with Crippen molar-refractivity contribution in [3.05, 3.63) is 0 Å². The Morgan fingerprint density at radius 2 is 0.627 bits per heavy atom. The van der Waals surface area contributed by atoms with E-state index in [0.717, 1.165) is 96.7 Å². The normalized spacial score (nSPS) is 11.5. The topological polar surface area (TPSA) is 76.1 Å². The van der Waals surface area contributed by atoms with Crippen molar-refractivity contribution in [3.63, 3.8) is 0 Å². The highest BCUT2D eigenvalue weighted by atomic mass is 16.5. The van der Waals surface area contributed by atoms with Crippen LogP contribution in [0.5, 0.6) is 0 Å². The Hall–Kier alpha value is -1.14. The van der Waals surface area contributed by atoms with Crippen molar-refractivity contribution in [2.24, 2.45) is 0 Å². The van der Waals surface area contributed by atoms with Crippen LogP contribution in [0.2, 0.25) is 0 Å². The smallest absolute Gasteiger partial charge is 0.306 e. The maximum absolute atomic E-state index is 12.8. The number of unbranched alkanes of at least 4 members (excludes halogenated alkanes) is 28. The molecule has 0 spiro atoms. The summed E-state index contributed by atoms with van der Waals surface area (Å²) in [5.74, 6) is 0.0320. The van der Waals surface area contributed by atoms with Crippen LogP contribution < -0.4 is 0 Å². The molecule has 0 aliphatic rings. The number of nitrogens with zero attached hydrogens (tertiary/aromatic N) is 1. The molecule has 0 aromatic carbocycles. The van der Waals surface area contributed by atoms with E-state index in [1.165, 1.54) is 167 Å². The first-order valence-corrected chi connectivity index (χ1v) is 26.2. The van der Waals surface area contributed by atoms with E-state index in [4.69, 9.17) is 9.47 Å². The summed E-state index contributed by atoms with van der Waals surface area (Å²) in [6.45, 7) is 12.1. The Balaban J connectivity index is 0. The number of rotatable bonds is 48. The van der Waals surface area contributed by atoms with Crippen LogP contribution in [-0.4, -0.2) is 60.4 Å². The summed E-state index contributed by atoms with van der Waals surface area (Å²) in [5, 5.41) is 9.65. The lowest BCUT2D eigenvalue weighted by Gasteiger charge is -2.21. The Morgan fingerprint density at radius 3 is 0.915 bits per heavy atom. The second-order valence-corrected chi connectivity index (χ2v) is 18.1. The molecule has 0 amide bonds. The lowest BCUT2D eigenvalue weighted by molar-refractivity contribution is -0.151. The van der Waals surface area contributed by atoms with Crippen LogP contribution in [0.1, 0.15) is 292 Å². The molecule has 0 saturated heterocycles. The highest BCUT2D eigenvalue weighted by molar-refractivity contribution is 5.69. The first-order chi connectivity index (χ1) is 28.5. The highest BCUT2D eigenvalue weighted by Crippen LogP contribution is 2.20. The van der Waals surface area contributed by atoms with Gasteiger partial charge < -0.3 is 19.5 Å². The molecule has 0 saturated carbocycles. The molecule has 0 bridgehead atoms. The SMILES string of the molecule is C.CCCCCCCCC(CCCCCCCC)OC(=O)CCCCCCCN(CCO)CCCCCCCC(=O)OC(CCCCCCCC)CCCCCCCC. The van der Waals surface area contributed by atoms with Crippen LogP contribution in [0.15, 0.2) is 0 Å². The van der Waals surface area contributed by atoms with E-state index in [1.54, 1.807) is 0 Å². The van der Waals surface area contributed by atoms with Crippen LogP contribution in [0.4, 0.5) is 0 Å². The first kappa shape index (κ1) is 60.0. The molecule has 6 heteroatoms. The molecule has 0 aliphatic heterocycles. The van der Waals surface area contributed by atoms with Crippen molar-refractivity contribution in [2.45, 2.75) is 304 Å². The Labute approximate surface area is 370 Å². The van der Waals surface area contributed by atoms with Gasteiger partial charge in [0, 0.05) is 19.4 Å². The van der Waals surface area contributed by atoms with E-state index in [2.05, 4.69) is 32.6 Å². The lowest BCUT2D eigenvalue weighted by Crippen LogP contribution is -2.29. The van der Waals surface area contributed by atoms with Gasteiger partial charge in [-0.2, -0.15) is 0 Å². The maximum atomic E-state index is 12.8. The number of hydrogen-bond donors (Lipinski definition) is 1. The zero-order valence-corrected chi connectivity index (χ0v) is 39.8. The molecule has 6 nitrogen and oxygen atoms in total. The van der Waals surface area contributed by atoms with Gasteiger partial charge in [0.2, 0.25) is 0 Å². The summed E-state index contributed by atoms with van der Waals surface area (Å²) in [7, 11) is 0. The van der Waals surface area contributed by atoms with Crippen molar-refractivity contribution in [2.75, 3.05) is 26.2 Å². The van der Waals surface area contributed by atoms with Gasteiger partial charge in [-0.15, -0.1) is 0 Å². The second-order valence-electron chi connectivity index (χ2n) is 18.1. The molecule has 0 atom stereocenters. The number of aliphatic hydroxyl groups is 1. The highest BCUT2D eigenvalue weighted by Gasteiger charge is 2.16. The molecule has 354 valence electrons. The van der Waals surface area contributed by atoms with E-state index >= 15 is 0 Å². The van der Waals surface area contributed by atoms with Crippen molar-refractivity contribution < 1.29 is 24.2 Å². The van der Waals surface area contributed by atoms with Crippen molar-refractivity contribution in [1.29, 1.82) is 0 Å². The number of ether oxygens (including phenoxy) is 2. The first-order valence-electron chi connectivity index (χ1n) is 26.2. The third-order valence-corrected chi connectivity index (χ3v) is 12.2. The van der Waals surface area contributed by atoms with Gasteiger partial charge in [0.05, 0.1) is 6.61 Å². The number of esters is 2. The van der Waals surface area contributed by atoms with E-state index < -0.39 is 0 Å². The fourth-order valence-corrected chi connectivity index (χ4v) is 8.37. The predicted octanol–water partition coefficient (Wildman–Crippen LogP) is 16.4.